The Kier molecular flexibility index (Phi) is 6.84. The number of benzene rings is 3. The lowest BCUT2D eigenvalue weighted by molar-refractivity contribution is -0.114. The highest BCUT2D eigenvalue weighted by atomic mass is 16.2. The lowest BCUT2D eigenvalue weighted by atomic mass is 10.0. The van der Waals surface area contributed by atoms with Crippen molar-refractivity contribution in [3.63, 3.8) is 0 Å². The molecule has 0 atom stereocenters. The van der Waals surface area contributed by atoms with Gasteiger partial charge in [0.1, 0.15) is 0 Å². The van der Waals surface area contributed by atoms with Gasteiger partial charge in [-0.1, -0.05) is 60.7 Å². The van der Waals surface area contributed by atoms with Gasteiger partial charge in [0.25, 0.3) is 5.91 Å². The van der Waals surface area contributed by atoms with Crippen molar-refractivity contribution in [1.29, 1.82) is 0 Å². The third kappa shape index (κ3) is 5.72. The van der Waals surface area contributed by atoms with Crippen LogP contribution in [0, 0.1) is 0 Å². The fourth-order valence-corrected chi connectivity index (χ4v) is 2.81. The highest BCUT2D eigenvalue weighted by molar-refractivity contribution is 6.16. The summed E-state index contributed by atoms with van der Waals surface area (Å²) < 4.78 is 0. The Morgan fingerprint density at radius 2 is 1.30 bits per heavy atom. The highest BCUT2D eigenvalue weighted by Crippen LogP contribution is 2.11. The molecule has 0 aliphatic carbocycles. The van der Waals surface area contributed by atoms with Crippen LogP contribution in [0.3, 0.4) is 0 Å². The molecule has 2 N–H and O–H groups in total. The molecule has 6 nitrogen and oxygen atoms in total. The molecule has 0 spiro atoms. The maximum Gasteiger partial charge on any atom is 0.271 e. The summed E-state index contributed by atoms with van der Waals surface area (Å²) >= 11 is 0. The van der Waals surface area contributed by atoms with E-state index in [1.807, 2.05) is 36.4 Å². The molecule has 0 aliphatic rings. The Bertz CT molecular complexity index is 1060. The first-order chi connectivity index (χ1) is 14.5. The minimum absolute atomic E-state index is 0.0514. The van der Waals surface area contributed by atoms with Gasteiger partial charge < -0.3 is 5.32 Å². The standard InChI is InChI=1S/C24H21N3O3/c1-17(28)25-21-14-12-20(13-15-21)24(30)27-26-22(18-8-4-2-5-9-18)16-23(29)19-10-6-3-7-11-19/h2-15H,16H2,1H3,(H,25,28)(H,27,30)/b26-22-. The molecule has 0 unspecified atom stereocenters. The van der Waals surface area contributed by atoms with E-state index >= 15 is 0 Å². The molecule has 3 rings (SSSR count). The van der Waals surface area contributed by atoms with Crippen LogP contribution >= 0.6 is 0 Å². The van der Waals surface area contributed by atoms with Crippen molar-refractivity contribution in [1.82, 2.24) is 5.43 Å². The van der Waals surface area contributed by atoms with Gasteiger partial charge in [-0.3, -0.25) is 14.4 Å². The van der Waals surface area contributed by atoms with Gasteiger partial charge in [-0.05, 0) is 29.8 Å². The molecule has 0 saturated carbocycles. The predicted octanol–water partition coefficient (Wildman–Crippen LogP) is 4.05. The lowest BCUT2D eigenvalue weighted by Crippen LogP contribution is -2.21. The molecule has 0 fully saturated rings. The topological polar surface area (TPSA) is 87.6 Å². The number of hydrazone groups is 1. The van der Waals surface area contributed by atoms with E-state index in [1.54, 1.807) is 48.5 Å². The summed E-state index contributed by atoms with van der Waals surface area (Å²) in [6.07, 6.45) is 0.0514. The summed E-state index contributed by atoms with van der Waals surface area (Å²) in [5.41, 5.74) is 5.31. The van der Waals surface area contributed by atoms with Crippen LogP contribution in [-0.4, -0.2) is 23.3 Å². The van der Waals surface area contributed by atoms with Gasteiger partial charge in [-0.25, -0.2) is 5.43 Å². The van der Waals surface area contributed by atoms with Crippen molar-refractivity contribution >= 4 is 29.0 Å². The van der Waals surface area contributed by atoms with E-state index in [1.165, 1.54) is 6.92 Å². The van der Waals surface area contributed by atoms with Gasteiger partial charge in [-0.2, -0.15) is 5.10 Å². The Labute approximate surface area is 174 Å². The normalized spacial score (nSPS) is 10.9. The molecule has 150 valence electrons. The molecule has 6 heteroatoms. The molecule has 3 aromatic rings. The third-order valence-electron chi connectivity index (χ3n) is 4.29. The number of amides is 2. The minimum Gasteiger partial charge on any atom is -0.326 e. The maximum atomic E-state index is 12.6. The van der Waals surface area contributed by atoms with Crippen molar-refractivity contribution in [2.24, 2.45) is 5.10 Å². The smallest absolute Gasteiger partial charge is 0.271 e. The van der Waals surface area contributed by atoms with E-state index in [0.717, 1.165) is 5.56 Å². The molecular formula is C24H21N3O3. The van der Waals surface area contributed by atoms with Crippen molar-refractivity contribution in [2.75, 3.05) is 5.32 Å². The number of hydrogen-bond donors (Lipinski definition) is 2. The summed E-state index contributed by atoms with van der Waals surface area (Å²) in [6.45, 7) is 1.41. The number of nitrogens with zero attached hydrogens (tertiary/aromatic N) is 1. The van der Waals surface area contributed by atoms with Crippen molar-refractivity contribution < 1.29 is 14.4 Å². The molecule has 0 saturated heterocycles. The monoisotopic (exact) mass is 399 g/mol. The quantitative estimate of drug-likeness (QED) is 0.357. The fraction of sp³-hybridized carbons (Fsp3) is 0.0833. The van der Waals surface area contributed by atoms with Crippen molar-refractivity contribution in [2.45, 2.75) is 13.3 Å². The second-order valence-corrected chi connectivity index (χ2v) is 6.59. The second kappa shape index (κ2) is 9.93. The summed E-state index contributed by atoms with van der Waals surface area (Å²) in [5, 5.41) is 6.88. The van der Waals surface area contributed by atoms with Crippen LogP contribution in [0.15, 0.2) is 90.0 Å². The third-order valence-corrected chi connectivity index (χ3v) is 4.29. The summed E-state index contributed by atoms with van der Waals surface area (Å²) in [7, 11) is 0. The average molecular weight is 399 g/mol. The van der Waals surface area contributed by atoms with Gasteiger partial charge in [0.05, 0.1) is 12.1 Å². The second-order valence-electron chi connectivity index (χ2n) is 6.59. The maximum absolute atomic E-state index is 12.6. The Morgan fingerprint density at radius 3 is 1.87 bits per heavy atom. The fourth-order valence-electron chi connectivity index (χ4n) is 2.81. The Hall–Kier alpha value is -4.06. The lowest BCUT2D eigenvalue weighted by Gasteiger charge is -2.08. The largest absolute Gasteiger partial charge is 0.326 e. The Balaban J connectivity index is 1.77. The van der Waals surface area contributed by atoms with Crippen molar-refractivity contribution in [3.05, 3.63) is 102 Å². The molecule has 30 heavy (non-hydrogen) atoms. The van der Waals surface area contributed by atoms with Crippen LogP contribution in [0.5, 0.6) is 0 Å². The van der Waals surface area contributed by atoms with E-state index in [0.29, 0.717) is 22.5 Å². The van der Waals surface area contributed by atoms with Crippen LogP contribution in [0.25, 0.3) is 0 Å². The molecule has 0 aromatic heterocycles. The first kappa shape index (κ1) is 20.7. The van der Waals surface area contributed by atoms with Crippen LogP contribution in [0.2, 0.25) is 0 Å². The molecule has 0 radical (unpaired) electrons. The van der Waals surface area contributed by atoms with Gasteiger partial charge >= 0.3 is 0 Å². The van der Waals surface area contributed by atoms with Gasteiger partial charge in [-0.15, -0.1) is 0 Å². The molecule has 3 aromatic carbocycles. The number of ketones is 1. The zero-order valence-electron chi connectivity index (χ0n) is 16.5. The first-order valence-corrected chi connectivity index (χ1v) is 9.41. The number of anilines is 1. The van der Waals surface area contributed by atoms with Gasteiger partial charge in [0.2, 0.25) is 5.91 Å². The molecular weight excluding hydrogens is 378 g/mol. The number of carbonyl (C=O) groups excluding carboxylic acids is 3. The number of rotatable bonds is 7. The van der Waals surface area contributed by atoms with Crippen molar-refractivity contribution in [3.8, 4) is 0 Å². The van der Waals surface area contributed by atoms with Crippen LogP contribution < -0.4 is 10.7 Å². The number of Topliss-reactive ketones (excluding diaryl/α,β-unsaturated/α-hetero) is 1. The highest BCUT2D eigenvalue weighted by Gasteiger charge is 2.13. The minimum atomic E-state index is -0.412. The van der Waals surface area contributed by atoms with E-state index in [-0.39, 0.29) is 18.1 Å². The van der Waals surface area contributed by atoms with E-state index in [4.69, 9.17) is 0 Å². The van der Waals surface area contributed by atoms with Crippen LogP contribution in [0.4, 0.5) is 5.69 Å². The van der Waals surface area contributed by atoms with E-state index in [9.17, 15) is 14.4 Å². The van der Waals surface area contributed by atoms with E-state index in [2.05, 4.69) is 15.8 Å². The summed E-state index contributed by atoms with van der Waals surface area (Å²) in [4.78, 5) is 36.2. The molecule has 0 heterocycles. The summed E-state index contributed by atoms with van der Waals surface area (Å²) in [6, 6.07) is 24.7. The first-order valence-electron chi connectivity index (χ1n) is 9.41. The zero-order chi connectivity index (χ0) is 21.3. The Morgan fingerprint density at radius 1 is 0.733 bits per heavy atom. The number of carbonyl (C=O) groups is 3. The van der Waals surface area contributed by atoms with E-state index < -0.39 is 5.91 Å². The number of nitrogens with one attached hydrogen (secondary N) is 2. The molecule has 0 bridgehead atoms. The van der Waals surface area contributed by atoms with Crippen LogP contribution in [-0.2, 0) is 4.79 Å². The SMILES string of the molecule is CC(=O)Nc1ccc(C(=O)N/N=C(/CC(=O)c2ccccc2)c2ccccc2)cc1. The average Bonchev–Trinajstić information content (AvgIpc) is 2.77. The van der Waals surface area contributed by atoms with Gasteiger partial charge in [0.15, 0.2) is 5.78 Å². The molecule has 2 amide bonds. The predicted molar refractivity (Wildman–Crippen MR) is 117 cm³/mol. The number of hydrogen-bond acceptors (Lipinski definition) is 4. The summed E-state index contributed by atoms with van der Waals surface area (Å²) in [5.74, 6) is -0.690. The molecule has 0 aliphatic heterocycles. The van der Waals surface area contributed by atoms with Crippen LogP contribution in [0.1, 0.15) is 39.6 Å². The van der Waals surface area contributed by atoms with Gasteiger partial charge in [0, 0.05) is 23.7 Å². The zero-order valence-corrected chi connectivity index (χ0v) is 16.5.